The molecular formula is C24H15Cl3N2O2S. The molecule has 0 N–H and O–H groups in total. The van der Waals surface area contributed by atoms with Crippen molar-refractivity contribution >= 4 is 69.7 Å². The Morgan fingerprint density at radius 3 is 2.53 bits per heavy atom. The van der Waals surface area contributed by atoms with Gasteiger partial charge in [-0.15, -0.1) is 11.8 Å². The van der Waals surface area contributed by atoms with Crippen molar-refractivity contribution in [3.8, 4) is 0 Å². The number of rotatable bonds is 6. The first-order valence-electron chi connectivity index (χ1n) is 9.46. The Bertz CT molecular complexity index is 1310. The lowest BCUT2D eigenvalue weighted by atomic mass is 10.2. The molecule has 0 radical (unpaired) electrons. The zero-order valence-corrected chi connectivity index (χ0v) is 19.6. The van der Waals surface area contributed by atoms with Crippen LogP contribution in [0.15, 0.2) is 83.0 Å². The van der Waals surface area contributed by atoms with Crippen LogP contribution in [0.4, 0.5) is 0 Å². The summed E-state index contributed by atoms with van der Waals surface area (Å²) in [6, 6.07) is 21.9. The van der Waals surface area contributed by atoms with Crippen LogP contribution >= 0.6 is 46.6 Å². The fourth-order valence-electron chi connectivity index (χ4n) is 2.86. The van der Waals surface area contributed by atoms with Gasteiger partial charge in [0, 0.05) is 21.7 Å². The Morgan fingerprint density at radius 1 is 0.969 bits per heavy atom. The van der Waals surface area contributed by atoms with Gasteiger partial charge in [0.2, 0.25) is 0 Å². The summed E-state index contributed by atoms with van der Waals surface area (Å²) in [6.45, 7) is 0. The summed E-state index contributed by atoms with van der Waals surface area (Å²) in [5, 5.41) is 6.93. The summed E-state index contributed by atoms with van der Waals surface area (Å²) in [5.41, 5.74) is 2.98. The molecule has 0 atom stereocenters. The summed E-state index contributed by atoms with van der Waals surface area (Å²) in [6.07, 6.45) is 1.49. The van der Waals surface area contributed by atoms with Gasteiger partial charge < -0.3 is 4.84 Å². The quantitative estimate of drug-likeness (QED) is 0.118. The number of aromatic nitrogens is 1. The van der Waals surface area contributed by atoms with Crippen molar-refractivity contribution < 1.29 is 9.63 Å². The van der Waals surface area contributed by atoms with E-state index in [0.29, 0.717) is 15.8 Å². The third-order valence-corrected chi connectivity index (χ3v) is 6.56. The van der Waals surface area contributed by atoms with E-state index >= 15 is 0 Å². The molecule has 0 spiro atoms. The number of benzene rings is 3. The molecule has 1 heterocycles. The monoisotopic (exact) mass is 500 g/mol. The molecule has 0 bridgehead atoms. The SMILES string of the molecule is O=C(ON=Cc1cc2ccccc2nc1SCc1ccc(Cl)cc1)c1ccc(Cl)c(Cl)c1. The highest BCUT2D eigenvalue weighted by Gasteiger charge is 2.11. The van der Waals surface area contributed by atoms with Crippen LogP contribution in [0.1, 0.15) is 21.5 Å². The Kier molecular flexibility index (Phi) is 7.33. The molecule has 4 nitrogen and oxygen atoms in total. The van der Waals surface area contributed by atoms with E-state index in [2.05, 4.69) is 5.16 Å². The van der Waals surface area contributed by atoms with Crippen molar-refractivity contribution in [1.82, 2.24) is 4.98 Å². The molecule has 0 saturated heterocycles. The third-order valence-electron chi connectivity index (χ3n) is 4.49. The van der Waals surface area contributed by atoms with Crippen LogP contribution in [0.2, 0.25) is 15.1 Å². The maximum absolute atomic E-state index is 12.3. The Balaban J connectivity index is 1.55. The number of hydrogen-bond donors (Lipinski definition) is 0. The molecule has 32 heavy (non-hydrogen) atoms. The van der Waals surface area contributed by atoms with Crippen molar-refractivity contribution in [2.24, 2.45) is 5.16 Å². The maximum atomic E-state index is 12.3. The summed E-state index contributed by atoms with van der Waals surface area (Å²) in [4.78, 5) is 22.1. The third kappa shape index (κ3) is 5.61. The lowest BCUT2D eigenvalue weighted by Crippen LogP contribution is -2.01. The van der Waals surface area contributed by atoms with Crippen molar-refractivity contribution in [3.05, 3.63) is 105 Å². The maximum Gasteiger partial charge on any atom is 0.365 e. The van der Waals surface area contributed by atoms with Crippen LogP contribution in [-0.2, 0) is 10.6 Å². The van der Waals surface area contributed by atoms with E-state index in [1.165, 1.54) is 24.4 Å². The average Bonchev–Trinajstić information content (AvgIpc) is 2.80. The van der Waals surface area contributed by atoms with Gasteiger partial charge in [0.1, 0.15) is 5.03 Å². The Hall–Kier alpha value is -2.57. The second kappa shape index (κ2) is 10.4. The highest BCUT2D eigenvalue weighted by atomic mass is 35.5. The first kappa shape index (κ1) is 22.6. The topological polar surface area (TPSA) is 51.5 Å². The molecule has 8 heteroatoms. The largest absolute Gasteiger partial charge is 0.365 e. The summed E-state index contributed by atoms with van der Waals surface area (Å²) >= 11 is 19.4. The van der Waals surface area contributed by atoms with E-state index in [9.17, 15) is 4.79 Å². The number of carbonyl (C=O) groups excluding carboxylic acids is 1. The van der Waals surface area contributed by atoms with E-state index in [0.717, 1.165) is 27.1 Å². The minimum Gasteiger partial charge on any atom is -0.313 e. The van der Waals surface area contributed by atoms with Crippen molar-refractivity contribution in [2.75, 3.05) is 0 Å². The van der Waals surface area contributed by atoms with E-state index in [-0.39, 0.29) is 10.6 Å². The van der Waals surface area contributed by atoms with E-state index in [4.69, 9.17) is 44.6 Å². The molecule has 0 fully saturated rings. The molecule has 4 aromatic rings. The van der Waals surface area contributed by atoms with Gasteiger partial charge in [-0.05, 0) is 48.0 Å². The number of carbonyl (C=O) groups is 1. The van der Waals surface area contributed by atoms with Gasteiger partial charge in [-0.1, -0.05) is 70.3 Å². The molecule has 0 aliphatic carbocycles. The molecular weight excluding hydrogens is 487 g/mol. The van der Waals surface area contributed by atoms with Gasteiger partial charge in [-0.3, -0.25) is 0 Å². The number of fused-ring (bicyclic) bond motifs is 1. The van der Waals surface area contributed by atoms with Gasteiger partial charge >= 0.3 is 5.97 Å². The van der Waals surface area contributed by atoms with Crippen LogP contribution < -0.4 is 0 Å². The van der Waals surface area contributed by atoms with Crippen LogP contribution in [0.3, 0.4) is 0 Å². The second-order valence-electron chi connectivity index (χ2n) is 6.73. The highest BCUT2D eigenvalue weighted by Crippen LogP contribution is 2.28. The normalized spacial score (nSPS) is 11.2. The standard InChI is InChI=1S/C24H15Cl3N2O2S/c25-19-8-5-15(6-9-19)14-32-23-18(11-16-3-1-2-4-22(16)29-23)13-28-31-24(30)17-7-10-20(26)21(27)12-17/h1-13H,14H2. The molecule has 0 aliphatic heterocycles. The zero-order chi connectivity index (χ0) is 22.5. The number of halogens is 3. The van der Waals surface area contributed by atoms with E-state index in [1.807, 2.05) is 54.6 Å². The van der Waals surface area contributed by atoms with Crippen molar-refractivity contribution in [1.29, 1.82) is 0 Å². The van der Waals surface area contributed by atoms with Gasteiger partial charge in [-0.2, -0.15) is 0 Å². The van der Waals surface area contributed by atoms with Gasteiger partial charge in [0.05, 0.1) is 27.3 Å². The van der Waals surface area contributed by atoms with Crippen LogP contribution in [-0.4, -0.2) is 17.2 Å². The molecule has 0 saturated carbocycles. The number of hydrogen-bond acceptors (Lipinski definition) is 5. The molecule has 160 valence electrons. The van der Waals surface area contributed by atoms with E-state index in [1.54, 1.807) is 11.8 Å². The summed E-state index contributed by atoms with van der Waals surface area (Å²) < 4.78 is 0. The molecule has 0 unspecified atom stereocenters. The first-order chi connectivity index (χ1) is 15.5. The number of pyridine rings is 1. The minimum atomic E-state index is -0.635. The smallest absolute Gasteiger partial charge is 0.313 e. The molecule has 1 aromatic heterocycles. The molecule has 0 aliphatic rings. The number of para-hydroxylation sites is 1. The van der Waals surface area contributed by atoms with Gasteiger partial charge in [-0.25, -0.2) is 9.78 Å². The lowest BCUT2D eigenvalue weighted by Gasteiger charge is -2.08. The number of oxime groups is 1. The Labute approximate surface area is 204 Å². The van der Waals surface area contributed by atoms with Crippen molar-refractivity contribution in [3.63, 3.8) is 0 Å². The average molecular weight is 502 g/mol. The minimum absolute atomic E-state index is 0.255. The first-order valence-corrected chi connectivity index (χ1v) is 11.6. The fourth-order valence-corrected chi connectivity index (χ4v) is 4.22. The van der Waals surface area contributed by atoms with E-state index < -0.39 is 5.97 Å². The number of thioether (sulfide) groups is 1. The fraction of sp³-hybridized carbons (Fsp3) is 0.0417. The predicted octanol–water partition coefficient (Wildman–Crippen LogP) is 7.68. The predicted molar refractivity (Wildman–Crippen MR) is 132 cm³/mol. The van der Waals surface area contributed by atoms with Crippen LogP contribution in [0, 0.1) is 0 Å². The van der Waals surface area contributed by atoms with Crippen LogP contribution in [0.25, 0.3) is 10.9 Å². The van der Waals surface area contributed by atoms with Gasteiger partial charge in [0.25, 0.3) is 0 Å². The summed E-state index contributed by atoms with van der Waals surface area (Å²) in [7, 11) is 0. The zero-order valence-electron chi connectivity index (χ0n) is 16.5. The molecule has 3 aromatic carbocycles. The highest BCUT2D eigenvalue weighted by molar-refractivity contribution is 7.98. The van der Waals surface area contributed by atoms with Crippen molar-refractivity contribution in [2.45, 2.75) is 10.8 Å². The molecule has 0 amide bonds. The Morgan fingerprint density at radius 2 is 1.75 bits per heavy atom. The molecule has 4 rings (SSSR count). The summed E-state index contributed by atoms with van der Waals surface area (Å²) in [5.74, 6) is 0.0656. The second-order valence-corrected chi connectivity index (χ2v) is 8.95. The lowest BCUT2D eigenvalue weighted by molar-refractivity contribution is 0.0519. The van der Waals surface area contributed by atoms with Crippen LogP contribution in [0.5, 0.6) is 0 Å². The number of nitrogens with zero attached hydrogens (tertiary/aromatic N) is 2. The van der Waals surface area contributed by atoms with Gasteiger partial charge in [0.15, 0.2) is 0 Å².